The van der Waals surface area contributed by atoms with Crippen LogP contribution in [0.5, 0.6) is 11.5 Å². The number of hydrogen-bond acceptors (Lipinski definition) is 6. The maximum atomic E-state index is 8.77. The van der Waals surface area contributed by atoms with Crippen molar-refractivity contribution in [3.63, 3.8) is 0 Å². The van der Waals surface area contributed by atoms with E-state index in [4.69, 9.17) is 19.0 Å². The van der Waals surface area contributed by atoms with Crippen LogP contribution in [0.2, 0.25) is 0 Å². The average molecular weight is 262 g/mol. The number of ether oxygens (including phenoxy) is 2. The summed E-state index contributed by atoms with van der Waals surface area (Å²) in [6.45, 7) is 0.302. The molecule has 1 aromatic carbocycles. The minimum absolute atomic E-state index is 0.0177. The smallest absolute Gasteiger partial charge is 0.231 e. The first kappa shape index (κ1) is 12.0. The summed E-state index contributed by atoms with van der Waals surface area (Å²) in [7, 11) is 0. The zero-order chi connectivity index (χ0) is 13.1. The Hall–Kier alpha value is -2.08. The van der Waals surface area contributed by atoms with Gasteiger partial charge >= 0.3 is 0 Å². The molecule has 0 saturated carbocycles. The number of rotatable bonds is 5. The van der Waals surface area contributed by atoms with Crippen molar-refractivity contribution in [1.29, 1.82) is 0 Å². The van der Waals surface area contributed by atoms with E-state index < -0.39 is 0 Å². The van der Waals surface area contributed by atoms with Crippen LogP contribution < -0.4 is 9.47 Å². The molecule has 19 heavy (non-hydrogen) atoms. The van der Waals surface area contributed by atoms with Crippen molar-refractivity contribution in [1.82, 2.24) is 10.2 Å². The molecule has 6 heteroatoms. The lowest BCUT2D eigenvalue weighted by Crippen LogP contribution is -1.93. The van der Waals surface area contributed by atoms with Gasteiger partial charge in [-0.1, -0.05) is 6.07 Å². The molecule has 0 radical (unpaired) electrons. The Kier molecular flexibility index (Phi) is 3.33. The Morgan fingerprint density at radius 2 is 1.79 bits per heavy atom. The average Bonchev–Trinajstić information content (AvgIpc) is 3.04. The van der Waals surface area contributed by atoms with Crippen LogP contribution in [0.1, 0.15) is 17.3 Å². The first-order valence-corrected chi connectivity index (χ1v) is 6.16. The summed E-state index contributed by atoms with van der Waals surface area (Å²) >= 11 is 0. The second kappa shape index (κ2) is 5.27. The Balaban J connectivity index is 1.62. The van der Waals surface area contributed by atoms with Gasteiger partial charge in [0.25, 0.3) is 0 Å². The van der Waals surface area contributed by atoms with Crippen LogP contribution in [0.4, 0.5) is 0 Å². The van der Waals surface area contributed by atoms with Gasteiger partial charge in [0.05, 0.1) is 6.61 Å². The van der Waals surface area contributed by atoms with Gasteiger partial charge in [-0.2, -0.15) is 0 Å². The largest absolute Gasteiger partial charge is 0.454 e. The summed E-state index contributed by atoms with van der Waals surface area (Å²) in [5, 5.41) is 16.6. The summed E-state index contributed by atoms with van der Waals surface area (Å²) in [6, 6.07) is 5.87. The molecule has 0 fully saturated rings. The van der Waals surface area contributed by atoms with Crippen molar-refractivity contribution in [2.75, 3.05) is 13.4 Å². The van der Waals surface area contributed by atoms with Crippen molar-refractivity contribution in [2.24, 2.45) is 0 Å². The van der Waals surface area contributed by atoms with Crippen molar-refractivity contribution < 1.29 is 19.0 Å². The number of aliphatic hydroxyl groups excluding tert-OH is 1. The van der Waals surface area contributed by atoms with Crippen LogP contribution >= 0.6 is 0 Å². The SMILES string of the molecule is OCCc1nnc(CCc2ccc3c(c2)OCO3)o1. The summed E-state index contributed by atoms with van der Waals surface area (Å²) in [5.74, 6) is 2.63. The van der Waals surface area contributed by atoms with Gasteiger partial charge in [0.2, 0.25) is 18.6 Å². The van der Waals surface area contributed by atoms with Crippen molar-refractivity contribution in [3.05, 3.63) is 35.5 Å². The summed E-state index contributed by atoms with van der Waals surface area (Å²) < 4.78 is 16.0. The fraction of sp³-hybridized carbons (Fsp3) is 0.385. The highest BCUT2D eigenvalue weighted by molar-refractivity contribution is 5.44. The Morgan fingerprint density at radius 3 is 2.63 bits per heavy atom. The van der Waals surface area contributed by atoms with Gasteiger partial charge < -0.3 is 19.0 Å². The lowest BCUT2D eigenvalue weighted by Gasteiger charge is -2.01. The van der Waals surface area contributed by atoms with Gasteiger partial charge in [-0.15, -0.1) is 10.2 Å². The third kappa shape index (κ3) is 2.68. The third-order valence-electron chi connectivity index (χ3n) is 2.90. The zero-order valence-corrected chi connectivity index (χ0v) is 10.3. The molecule has 0 spiro atoms. The minimum Gasteiger partial charge on any atom is -0.454 e. The highest BCUT2D eigenvalue weighted by Gasteiger charge is 2.13. The van der Waals surface area contributed by atoms with E-state index in [0.29, 0.717) is 24.6 Å². The van der Waals surface area contributed by atoms with Gasteiger partial charge in [0.1, 0.15) is 0 Å². The number of nitrogens with zero attached hydrogens (tertiary/aromatic N) is 2. The maximum absolute atomic E-state index is 8.77. The van der Waals surface area contributed by atoms with E-state index >= 15 is 0 Å². The predicted octanol–water partition coefficient (Wildman–Crippen LogP) is 1.12. The molecule has 1 aromatic heterocycles. The lowest BCUT2D eigenvalue weighted by atomic mass is 10.1. The minimum atomic E-state index is 0.0177. The molecule has 100 valence electrons. The van der Waals surface area contributed by atoms with E-state index in [9.17, 15) is 0 Å². The molecule has 3 rings (SSSR count). The van der Waals surface area contributed by atoms with E-state index in [0.717, 1.165) is 23.5 Å². The molecular weight excluding hydrogens is 248 g/mol. The van der Waals surface area contributed by atoms with Crippen molar-refractivity contribution >= 4 is 0 Å². The maximum Gasteiger partial charge on any atom is 0.231 e. The quantitative estimate of drug-likeness (QED) is 0.870. The van der Waals surface area contributed by atoms with Crippen LogP contribution in [-0.4, -0.2) is 28.7 Å². The second-order valence-electron chi connectivity index (χ2n) is 4.25. The fourth-order valence-corrected chi connectivity index (χ4v) is 1.93. The van der Waals surface area contributed by atoms with Crippen molar-refractivity contribution in [3.8, 4) is 11.5 Å². The van der Waals surface area contributed by atoms with Crippen LogP contribution in [-0.2, 0) is 19.3 Å². The molecule has 2 heterocycles. The number of fused-ring (bicyclic) bond motifs is 1. The van der Waals surface area contributed by atoms with Gasteiger partial charge in [-0.25, -0.2) is 0 Å². The molecule has 2 aromatic rings. The number of benzene rings is 1. The molecule has 0 aliphatic carbocycles. The molecule has 0 amide bonds. The van der Waals surface area contributed by atoms with E-state index in [2.05, 4.69) is 10.2 Å². The molecule has 0 unspecified atom stereocenters. The van der Waals surface area contributed by atoms with Crippen molar-refractivity contribution in [2.45, 2.75) is 19.3 Å². The second-order valence-corrected chi connectivity index (χ2v) is 4.25. The van der Waals surface area contributed by atoms with Crippen LogP contribution in [0, 0.1) is 0 Å². The fourth-order valence-electron chi connectivity index (χ4n) is 1.93. The molecule has 0 saturated heterocycles. The molecule has 0 atom stereocenters. The standard InChI is InChI=1S/C13H14N2O4/c16-6-5-13-15-14-12(19-13)4-2-9-1-3-10-11(7-9)18-8-17-10/h1,3,7,16H,2,4-6,8H2. The predicted molar refractivity (Wildman–Crippen MR) is 65.1 cm³/mol. The monoisotopic (exact) mass is 262 g/mol. The summed E-state index contributed by atoms with van der Waals surface area (Å²) in [5.41, 5.74) is 1.13. The van der Waals surface area contributed by atoms with E-state index in [1.165, 1.54) is 0 Å². The highest BCUT2D eigenvalue weighted by Crippen LogP contribution is 2.32. The number of aryl methyl sites for hydroxylation is 2. The Labute approximate surface area is 110 Å². The summed E-state index contributed by atoms with van der Waals surface area (Å²) in [6.07, 6.45) is 1.85. The number of aromatic nitrogens is 2. The van der Waals surface area contributed by atoms with E-state index in [1.54, 1.807) is 0 Å². The van der Waals surface area contributed by atoms with Crippen LogP contribution in [0.3, 0.4) is 0 Å². The van der Waals surface area contributed by atoms with Gasteiger partial charge in [0.15, 0.2) is 11.5 Å². The van der Waals surface area contributed by atoms with Crippen LogP contribution in [0.25, 0.3) is 0 Å². The number of hydrogen-bond donors (Lipinski definition) is 1. The first-order chi connectivity index (χ1) is 9.35. The molecule has 6 nitrogen and oxygen atoms in total. The first-order valence-electron chi connectivity index (χ1n) is 6.16. The van der Waals surface area contributed by atoms with E-state index in [1.807, 2.05) is 18.2 Å². The normalized spacial score (nSPS) is 12.9. The number of aliphatic hydroxyl groups is 1. The highest BCUT2D eigenvalue weighted by atomic mass is 16.7. The summed E-state index contributed by atoms with van der Waals surface area (Å²) in [4.78, 5) is 0. The topological polar surface area (TPSA) is 77.6 Å². The lowest BCUT2D eigenvalue weighted by molar-refractivity contribution is 0.174. The molecule has 0 bridgehead atoms. The zero-order valence-electron chi connectivity index (χ0n) is 10.3. The van der Waals surface area contributed by atoms with Gasteiger partial charge in [-0.05, 0) is 24.1 Å². The molecule has 1 aliphatic rings. The van der Waals surface area contributed by atoms with Crippen LogP contribution in [0.15, 0.2) is 22.6 Å². The Morgan fingerprint density at radius 1 is 1.00 bits per heavy atom. The molecule has 1 aliphatic heterocycles. The van der Waals surface area contributed by atoms with E-state index in [-0.39, 0.29) is 13.4 Å². The van der Waals surface area contributed by atoms with Gasteiger partial charge in [0, 0.05) is 12.8 Å². The molecule has 1 N–H and O–H groups in total. The third-order valence-corrected chi connectivity index (χ3v) is 2.90. The molecular formula is C13H14N2O4. The Bertz CT molecular complexity index is 568. The van der Waals surface area contributed by atoms with Gasteiger partial charge in [-0.3, -0.25) is 0 Å².